The molecule has 0 unspecified atom stereocenters. The zero-order valence-corrected chi connectivity index (χ0v) is 18.9. The number of nitrogens with zero attached hydrogens (tertiary/aromatic N) is 3. The van der Waals surface area contributed by atoms with Crippen LogP contribution in [0.15, 0.2) is 30.3 Å². The topological polar surface area (TPSA) is 82.6 Å². The Balaban J connectivity index is 1.38. The average Bonchev–Trinajstić information content (AvgIpc) is 2.78. The van der Waals surface area contributed by atoms with Crippen LogP contribution in [-0.2, 0) is 25.5 Å². The molecule has 2 amide bonds. The first kappa shape index (κ1) is 23.2. The first-order valence-electron chi connectivity index (χ1n) is 11.7. The number of benzene rings is 1. The van der Waals surface area contributed by atoms with Crippen LogP contribution in [0.3, 0.4) is 0 Å². The van der Waals surface area contributed by atoms with Crippen molar-refractivity contribution in [3.63, 3.8) is 0 Å². The van der Waals surface area contributed by atoms with E-state index in [1.807, 2.05) is 35.2 Å². The van der Waals surface area contributed by atoms with Crippen molar-refractivity contribution in [2.75, 3.05) is 53.0 Å². The number of hydrogen-bond donors (Lipinski definition) is 1. The number of ether oxygens (including phenoxy) is 2. The fourth-order valence-electron chi connectivity index (χ4n) is 4.88. The number of β-amino-alcohol motifs (C(OH)–C–C–N with tert-alkyl or cyclic N) is 1. The number of likely N-dealkylation sites (N-methyl/N-ethyl adjacent to an activating group) is 1. The van der Waals surface area contributed by atoms with E-state index in [9.17, 15) is 14.7 Å². The van der Waals surface area contributed by atoms with E-state index in [0.717, 1.165) is 38.2 Å². The van der Waals surface area contributed by atoms with Crippen molar-refractivity contribution >= 4 is 11.8 Å². The Bertz CT molecular complexity index is 768. The van der Waals surface area contributed by atoms with E-state index in [1.165, 1.54) is 0 Å². The normalized spacial score (nSPS) is 29.7. The molecule has 32 heavy (non-hydrogen) atoms. The lowest BCUT2D eigenvalue weighted by Gasteiger charge is -2.44. The molecule has 3 aliphatic rings. The second-order valence-electron chi connectivity index (χ2n) is 9.23. The largest absolute Gasteiger partial charge is 0.389 e. The van der Waals surface area contributed by atoms with Crippen LogP contribution in [0.25, 0.3) is 0 Å². The molecular formula is C24H35N3O5. The van der Waals surface area contributed by atoms with Crippen LogP contribution in [0.2, 0.25) is 0 Å². The number of hydrogen-bond acceptors (Lipinski definition) is 6. The van der Waals surface area contributed by atoms with Gasteiger partial charge in [0, 0.05) is 32.7 Å². The SMILES string of the molecule is CN1CCN(C(=O)C[C@@H]2CC[C@@H]3[C@H](COC[C@H](O)CN3C(=O)Cc3ccccc3)O2)CC1. The van der Waals surface area contributed by atoms with Gasteiger partial charge in [-0.05, 0) is 25.5 Å². The van der Waals surface area contributed by atoms with Crippen LogP contribution < -0.4 is 0 Å². The molecule has 3 heterocycles. The molecule has 3 saturated heterocycles. The Morgan fingerprint density at radius 2 is 1.78 bits per heavy atom. The lowest BCUT2D eigenvalue weighted by Crippen LogP contribution is -2.58. The molecular weight excluding hydrogens is 410 g/mol. The summed E-state index contributed by atoms with van der Waals surface area (Å²) in [6.07, 6.45) is 0.945. The van der Waals surface area contributed by atoms with E-state index < -0.39 is 6.10 Å². The summed E-state index contributed by atoms with van der Waals surface area (Å²) in [4.78, 5) is 31.9. The highest BCUT2D eigenvalue weighted by molar-refractivity contribution is 5.79. The molecule has 3 fully saturated rings. The van der Waals surface area contributed by atoms with Gasteiger partial charge in [-0.25, -0.2) is 0 Å². The Kier molecular flexibility index (Phi) is 7.78. The Morgan fingerprint density at radius 1 is 1.03 bits per heavy atom. The predicted molar refractivity (Wildman–Crippen MR) is 119 cm³/mol. The minimum Gasteiger partial charge on any atom is -0.389 e. The van der Waals surface area contributed by atoms with Crippen LogP contribution >= 0.6 is 0 Å². The standard InChI is InChI=1S/C24H35N3O5/c1-25-9-11-26(12-10-25)23(29)14-20-7-8-21-22(32-20)17-31-16-19(28)15-27(21)24(30)13-18-5-3-2-4-6-18/h2-6,19-22,28H,7-17H2,1H3/t19-,20+,21-,22+/m1/s1. The van der Waals surface area contributed by atoms with Crippen LogP contribution in [0.5, 0.6) is 0 Å². The van der Waals surface area contributed by atoms with Crippen molar-refractivity contribution < 1.29 is 24.2 Å². The molecule has 0 saturated carbocycles. The van der Waals surface area contributed by atoms with Gasteiger partial charge in [0.1, 0.15) is 6.10 Å². The fraction of sp³-hybridized carbons (Fsp3) is 0.667. The summed E-state index contributed by atoms with van der Waals surface area (Å²) in [5.74, 6) is 0.128. The first-order valence-corrected chi connectivity index (χ1v) is 11.7. The Hall–Kier alpha value is -2.00. The van der Waals surface area contributed by atoms with E-state index in [2.05, 4.69) is 11.9 Å². The highest BCUT2D eigenvalue weighted by Crippen LogP contribution is 2.28. The molecule has 0 aliphatic carbocycles. The quantitative estimate of drug-likeness (QED) is 0.728. The van der Waals surface area contributed by atoms with Gasteiger partial charge in [-0.1, -0.05) is 30.3 Å². The second kappa shape index (κ2) is 10.7. The van der Waals surface area contributed by atoms with E-state index in [4.69, 9.17) is 9.47 Å². The van der Waals surface area contributed by atoms with Crippen molar-refractivity contribution in [3.8, 4) is 0 Å². The average molecular weight is 446 g/mol. The third-order valence-electron chi connectivity index (χ3n) is 6.76. The minimum atomic E-state index is -0.716. The highest BCUT2D eigenvalue weighted by Gasteiger charge is 2.40. The maximum atomic E-state index is 13.2. The van der Waals surface area contributed by atoms with Crippen molar-refractivity contribution in [2.24, 2.45) is 0 Å². The van der Waals surface area contributed by atoms with Gasteiger partial charge in [0.2, 0.25) is 11.8 Å². The molecule has 1 aromatic rings. The smallest absolute Gasteiger partial charge is 0.227 e. The van der Waals surface area contributed by atoms with Gasteiger partial charge in [0.15, 0.2) is 0 Å². The monoisotopic (exact) mass is 445 g/mol. The van der Waals surface area contributed by atoms with Gasteiger partial charge in [-0.15, -0.1) is 0 Å². The molecule has 0 bridgehead atoms. The summed E-state index contributed by atoms with van der Waals surface area (Å²) >= 11 is 0. The van der Waals surface area contributed by atoms with E-state index in [0.29, 0.717) is 25.9 Å². The maximum Gasteiger partial charge on any atom is 0.227 e. The summed E-state index contributed by atoms with van der Waals surface area (Å²) in [5.41, 5.74) is 0.953. The van der Waals surface area contributed by atoms with Crippen LogP contribution in [0, 0.1) is 0 Å². The van der Waals surface area contributed by atoms with Crippen molar-refractivity contribution in [1.29, 1.82) is 0 Å². The zero-order chi connectivity index (χ0) is 22.5. The molecule has 1 N–H and O–H groups in total. The molecule has 4 atom stereocenters. The molecule has 8 heteroatoms. The summed E-state index contributed by atoms with van der Waals surface area (Å²) in [6, 6.07) is 9.50. The number of piperazine rings is 1. The Labute approximate surface area is 190 Å². The summed E-state index contributed by atoms with van der Waals surface area (Å²) in [6.45, 7) is 4.05. The van der Waals surface area contributed by atoms with E-state index in [-0.39, 0.29) is 43.2 Å². The van der Waals surface area contributed by atoms with Gasteiger partial charge in [-0.2, -0.15) is 0 Å². The van der Waals surface area contributed by atoms with Crippen molar-refractivity contribution in [1.82, 2.24) is 14.7 Å². The minimum absolute atomic E-state index is 0.0114. The van der Waals surface area contributed by atoms with Crippen molar-refractivity contribution in [3.05, 3.63) is 35.9 Å². The predicted octanol–water partition coefficient (Wildman–Crippen LogP) is 0.529. The van der Waals surface area contributed by atoms with E-state index in [1.54, 1.807) is 4.90 Å². The van der Waals surface area contributed by atoms with E-state index >= 15 is 0 Å². The maximum absolute atomic E-state index is 13.2. The van der Waals surface area contributed by atoms with Gasteiger partial charge in [0.05, 0.1) is 44.3 Å². The number of amides is 2. The summed E-state index contributed by atoms with van der Waals surface area (Å²) in [5, 5.41) is 10.3. The number of carbonyl (C=O) groups excluding carboxylic acids is 2. The fourth-order valence-corrected chi connectivity index (χ4v) is 4.88. The van der Waals surface area contributed by atoms with Gasteiger partial charge in [0.25, 0.3) is 0 Å². The molecule has 0 aromatic heterocycles. The third-order valence-corrected chi connectivity index (χ3v) is 6.76. The zero-order valence-electron chi connectivity index (χ0n) is 18.9. The van der Waals surface area contributed by atoms with Crippen LogP contribution in [0.1, 0.15) is 24.8 Å². The number of carbonyl (C=O) groups is 2. The summed E-state index contributed by atoms with van der Waals surface area (Å²) in [7, 11) is 2.07. The Morgan fingerprint density at radius 3 is 2.53 bits per heavy atom. The lowest BCUT2D eigenvalue weighted by atomic mass is 9.94. The number of aliphatic hydroxyl groups excluding tert-OH is 1. The van der Waals surface area contributed by atoms with Gasteiger partial charge in [-0.3, -0.25) is 9.59 Å². The lowest BCUT2D eigenvalue weighted by molar-refractivity contribution is -0.170. The molecule has 0 spiro atoms. The number of fused-ring (bicyclic) bond motifs is 1. The molecule has 1 aromatic carbocycles. The second-order valence-corrected chi connectivity index (χ2v) is 9.23. The molecule has 4 rings (SSSR count). The van der Waals surface area contributed by atoms with Crippen molar-refractivity contribution in [2.45, 2.75) is 50.0 Å². The first-order chi connectivity index (χ1) is 15.5. The number of aliphatic hydroxyl groups is 1. The molecule has 176 valence electrons. The molecule has 0 radical (unpaired) electrons. The highest BCUT2D eigenvalue weighted by atomic mass is 16.5. The van der Waals surface area contributed by atoms with Crippen LogP contribution in [-0.4, -0.2) is 109 Å². The third kappa shape index (κ3) is 5.86. The van der Waals surface area contributed by atoms with Gasteiger partial charge >= 0.3 is 0 Å². The number of rotatable bonds is 4. The molecule has 3 aliphatic heterocycles. The van der Waals surface area contributed by atoms with Gasteiger partial charge < -0.3 is 29.3 Å². The molecule has 8 nitrogen and oxygen atoms in total. The summed E-state index contributed by atoms with van der Waals surface area (Å²) < 4.78 is 12.0. The van der Waals surface area contributed by atoms with Crippen LogP contribution in [0.4, 0.5) is 0 Å².